The predicted octanol–water partition coefficient (Wildman–Crippen LogP) is 2.72. The fourth-order valence-corrected chi connectivity index (χ4v) is 3.72. The fraction of sp³-hybridized carbons (Fsp3) is 0.143. The van der Waals surface area contributed by atoms with E-state index in [4.69, 9.17) is 5.73 Å². The highest BCUT2D eigenvalue weighted by Gasteiger charge is 2.14. The molecule has 0 amide bonds. The Morgan fingerprint density at radius 3 is 2.50 bits per heavy atom. The van der Waals surface area contributed by atoms with Crippen LogP contribution in [0.3, 0.4) is 0 Å². The smallest absolute Gasteiger partial charge is 0.240 e. The minimum Gasteiger partial charge on any atom is -0.398 e. The van der Waals surface area contributed by atoms with Crippen LogP contribution in [-0.4, -0.2) is 15.0 Å². The molecular formula is C14H16N2O2S2. The summed E-state index contributed by atoms with van der Waals surface area (Å²) in [5.74, 6) is 0. The van der Waals surface area contributed by atoms with Crippen molar-refractivity contribution in [2.45, 2.75) is 21.6 Å². The van der Waals surface area contributed by atoms with Crippen LogP contribution in [0.25, 0.3) is 0 Å². The van der Waals surface area contributed by atoms with Gasteiger partial charge < -0.3 is 5.73 Å². The van der Waals surface area contributed by atoms with Gasteiger partial charge in [-0.05, 0) is 30.3 Å². The molecule has 2 rings (SSSR count). The van der Waals surface area contributed by atoms with Crippen LogP contribution in [0.2, 0.25) is 0 Å². The lowest BCUT2D eigenvalue weighted by molar-refractivity contribution is 0.583. The molecule has 0 radical (unpaired) electrons. The Balaban J connectivity index is 2.35. The van der Waals surface area contributed by atoms with Gasteiger partial charge in [-0.2, -0.15) is 0 Å². The molecule has 0 bridgehead atoms. The van der Waals surface area contributed by atoms with Gasteiger partial charge in [-0.3, -0.25) is 0 Å². The first-order valence-corrected chi connectivity index (χ1v) is 8.45. The highest BCUT2D eigenvalue weighted by atomic mass is 32.2. The third-order valence-corrected chi connectivity index (χ3v) is 5.23. The number of nitrogens with two attached hydrogens (primary N) is 1. The van der Waals surface area contributed by atoms with Crippen LogP contribution < -0.4 is 10.5 Å². The molecule has 0 aliphatic heterocycles. The summed E-state index contributed by atoms with van der Waals surface area (Å²) < 4.78 is 26.4. The summed E-state index contributed by atoms with van der Waals surface area (Å²) >= 11 is 1.45. The Hall–Kier alpha value is -1.50. The molecule has 0 unspecified atom stereocenters. The molecule has 0 saturated carbocycles. The SMILES string of the molecule is CCNS(=O)(=O)c1ccc(N)c(Sc2ccccc2)c1. The number of hydrogen-bond donors (Lipinski definition) is 2. The van der Waals surface area contributed by atoms with E-state index in [1.165, 1.54) is 17.8 Å². The molecule has 0 aliphatic carbocycles. The summed E-state index contributed by atoms with van der Waals surface area (Å²) in [6.07, 6.45) is 0. The van der Waals surface area contributed by atoms with Crippen LogP contribution in [0, 0.1) is 0 Å². The van der Waals surface area contributed by atoms with Crippen molar-refractivity contribution < 1.29 is 8.42 Å². The Labute approximate surface area is 123 Å². The van der Waals surface area contributed by atoms with E-state index in [0.717, 1.165) is 9.79 Å². The van der Waals surface area contributed by atoms with E-state index in [1.54, 1.807) is 19.1 Å². The topological polar surface area (TPSA) is 72.2 Å². The van der Waals surface area contributed by atoms with E-state index >= 15 is 0 Å². The normalized spacial score (nSPS) is 11.4. The fourth-order valence-electron chi connectivity index (χ4n) is 1.66. The molecule has 0 heterocycles. The lowest BCUT2D eigenvalue weighted by Gasteiger charge is -2.09. The van der Waals surface area contributed by atoms with Crippen molar-refractivity contribution in [3.05, 3.63) is 48.5 Å². The zero-order chi connectivity index (χ0) is 14.6. The quantitative estimate of drug-likeness (QED) is 0.833. The molecule has 6 heteroatoms. The number of sulfonamides is 1. The van der Waals surface area contributed by atoms with Crippen molar-refractivity contribution in [2.24, 2.45) is 0 Å². The monoisotopic (exact) mass is 308 g/mol. The second kappa shape index (κ2) is 6.30. The van der Waals surface area contributed by atoms with Gasteiger partial charge in [0.1, 0.15) is 0 Å². The van der Waals surface area contributed by atoms with E-state index in [9.17, 15) is 8.42 Å². The Bertz CT molecular complexity index is 686. The lowest BCUT2D eigenvalue weighted by Crippen LogP contribution is -2.23. The van der Waals surface area contributed by atoms with Crippen LogP contribution >= 0.6 is 11.8 Å². The molecule has 2 aromatic carbocycles. The number of anilines is 1. The predicted molar refractivity (Wildman–Crippen MR) is 82.3 cm³/mol. The van der Waals surface area contributed by atoms with Crippen molar-refractivity contribution in [3.8, 4) is 0 Å². The average Bonchev–Trinajstić information content (AvgIpc) is 2.42. The van der Waals surface area contributed by atoms with Crippen LogP contribution in [0.1, 0.15) is 6.92 Å². The van der Waals surface area contributed by atoms with Gasteiger partial charge in [0, 0.05) is 22.0 Å². The van der Waals surface area contributed by atoms with Gasteiger partial charge in [-0.1, -0.05) is 36.9 Å². The maximum absolute atomic E-state index is 12.0. The number of benzene rings is 2. The van der Waals surface area contributed by atoms with Gasteiger partial charge in [0.15, 0.2) is 0 Å². The van der Waals surface area contributed by atoms with E-state index in [0.29, 0.717) is 12.2 Å². The van der Waals surface area contributed by atoms with Crippen molar-refractivity contribution in [1.82, 2.24) is 4.72 Å². The number of nitrogens with one attached hydrogen (secondary N) is 1. The average molecular weight is 308 g/mol. The van der Waals surface area contributed by atoms with E-state index in [1.807, 2.05) is 30.3 Å². The number of rotatable bonds is 5. The zero-order valence-corrected chi connectivity index (χ0v) is 12.7. The minimum absolute atomic E-state index is 0.229. The maximum atomic E-state index is 12.0. The van der Waals surface area contributed by atoms with E-state index < -0.39 is 10.0 Å². The second-order valence-corrected chi connectivity index (χ2v) is 7.00. The molecule has 4 nitrogen and oxygen atoms in total. The van der Waals surface area contributed by atoms with Gasteiger partial charge in [-0.25, -0.2) is 13.1 Å². The molecule has 0 aromatic heterocycles. The highest BCUT2D eigenvalue weighted by molar-refractivity contribution is 7.99. The standard InChI is InChI=1S/C14H16N2O2S2/c1-2-16-20(17,18)12-8-9-13(15)14(10-12)19-11-6-4-3-5-7-11/h3-10,16H,2,15H2,1H3. The summed E-state index contributed by atoms with van der Waals surface area (Å²) in [5.41, 5.74) is 6.48. The van der Waals surface area contributed by atoms with Gasteiger partial charge in [-0.15, -0.1) is 0 Å². The third-order valence-electron chi connectivity index (χ3n) is 2.60. The summed E-state index contributed by atoms with van der Waals surface area (Å²) in [4.78, 5) is 1.97. The minimum atomic E-state index is -3.46. The number of hydrogen-bond acceptors (Lipinski definition) is 4. The van der Waals surface area contributed by atoms with Crippen LogP contribution in [0.15, 0.2) is 63.2 Å². The number of nitrogen functional groups attached to an aromatic ring is 1. The molecule has 0 atom stereocenters. The van der Waals surface area contributed by atoms with E-state index in [2.05, 4.69) is 4.72 Å². The van der Waals surface area contributed by atoms with Crippen molar-refractivity contribution in [3.63, 3.8) is 0 Å². The first kappa shape index (κ1) is 14.9. The summed E-state index contributed by atoms with van der Waals surface area (Å²) in [5, 5.41) is 0. The lowest BCUT2D eigenvalue weighted by atomic mass is 10.3. The molecular weight excluding hydrogens is 292 g/mol. The maximum Gasteiger partial charge on any atom is 0.240 e. The molecule has 0 spiro atoms. The third kappa shape index (κ3) is 3.53. The van der Waals surface area contributed by atoms with Crippen molar-refractivity contribution in [1.29, 1.82) is 0 Å². The van der Waals surface area contributed by atoms with Gasteiger partial charge >= 0.3 is 0 Å². The molecule has 3 N–H and O–H groups in total. The summed E-state index contributed by atoms with van der Waals surface area (Å²) in [7, 11) is -3.46. The second-order valence-electron chi connectivity index (χ2n) is 4.12. The van der Waals surface area contributed by atoms with Gasteiger partial charge in [0.05, 0.1) is 4.90 Å². The molecule has 106 valence electrons. The molecule has 20 heavy (non-hydrogen) atoms. The Morgan fingerprint density at radius 2 is 1.85 bits per heavy atom. The van der Waals surface area contributed by atoms with Crippen LogP contribution in [-0.2, 0) is 10.0 Å². The van der Waals surface area contributed by atoms with Crippen LogP contribution in [0.5, 0.6) is 0 Å². The molecule has 2 aromatic rings. The molecule has 0 saturated heterocycles. The Kier molecular flexibility index (Phi) is 4.69. The van der Waals surface area contributed by atoms with Crippen molar-refractivity contribution >= 4 is 27.5 Å². The molecule has 0 fully saturated rings. The van der Waals surface area contributed by atoms with Gasteiger partial charge in [0.2, 0.25) is 10.0 Å². The largest absolute Gasteiger partial charge is 0.398 e. The van der Waals surface area contributed by atoms with Crippen LogP contribution in [0.4, 0.5) is 5.69 Å². The first-order valence-electron chi connectivity index (χ1n) is 6.15. The zero-order valence-electron chi connectivity index (χ0n) is 11.0. The van der Waals surface area contributed by atoms with Crippen molar-refractivity contribution in [2.75, 3.05) is 12.3 Å². The summed E-state index contributed by atoms with van der Waals surface area (Å²) in [6.45, 7) is 2.10. The summed E-state index contributed by atoms with van der Waals surface area (Å²) in [6, 6.07) is 14.4. The molecule has 0 aliphatic rings. The van der Waals surface area contributed by atoms with E-state index in [-0.39, 0.29) is 4.90 Å². The first-order chi connectivity index (χ1) is 9.53. The Morgan fingerprint density at radius 1 is 1.15 bits per heavy atom. The van der Waals surface area contributed by atoms with Gasteiger partial charge in [0.25, 0.3) is 0 Å². The highest BCUT2D eigenvalue weighted by Crippen LogP contribution is 2.33.